The first kappa shape index (κ1) is 18.5. The first-order chi connectivity index (χ1) is 11.9. The Bertz CT molecular complexity index is 707. The number of hydrogen-bond acceptors (Lipinski definition) is 7. The van der Waals surface area contributed by atoms with Gasteiger partial charge in [0.2, 0.25) is 0 Å². The molecular formula is C15H20IN3O6. The zero-order chi connectivity index (χ0) is 18.1. The van der Waals surface area contributed by atoms with E-state index in [0.717, 1.165) is 23.8 Å². The van der Waals surface area contributed by atoms with Crippen molar-refractivity contribution in [2.45, 2.75) is 50.7 Å². The van der Waals surface area contributed by atoms with Crippen molar-refractivity contribution in [3.8, 4) is 0 Å². The van der Waals surface area contributed by atoms with Crippen LogP contribution < -0.4 is 11.0 Å². The standard InChI is InChI=1S/C15H20IN3O6/c1-7-10(20)11(21)13(25-7)19-5-9(16)12(17-14(19)22)18-15(23)24-6-8-3-2-4-8/h5,7-8,10-11,13,20-21H,2-4,6H2,1H3,(H,17,18,22,23)/t7-,10?,11?,13-/m1/s1. The Hall–Kier alpha value is -1.24. The van der Waals surface area contributed by atoms with Gasteiger partial charge in [0.25, 0.3) is 0 Å². The molecule has 25 heavy (non-hydrogen) atoms. The summed E-state index contributed by atoms with van der Waals surface area (Å²) in [7, 11) is 0. The molecule has 0 spiro atoms. The average molecular weight is 465 g/mol. The minimum atomic E-state index is -1.24. The van der Waals surface area contributed by atoms with Gasteiger partial charge < -0.3 is 19.7 Å². The fourth-order valence-electron chi connectivity index (χ4n) is 2.76. The molecule has 3 rings (SSSR count). The van der Waals surface area contributed by atoms with E-state index >= 15 is 0 Å². The maximum absolute atomic E-state index is 12.2. The van der Waals surface area contributed by atoms with Crippen LogP contribution in [0.5, 0.6) is 0 Å². The summed E-state index contributed by atoms with van der Waals surface area (Å²) in [6, 6.07) is 0. The van der Waals surface area contributed by atoms with Crippen molar-refractivity contribution in [3.63, 3.8) is 0 Å². The first-order valence-corrected chi connectivity index (χ1v) is 9.18. The van der Waals surface area contributed by atoms with Gasteiger partial charge in [-0.15, -0.1) is 0 Å². The third-order valence-electron chi connectivity index (χ3n) is 4.55. The third-order valence-corrected chi connectivity index (χ3v) is 5.34. The molecule has 1 aromatic heterocycles. The molecule has 0 aromatic carbocycles. The fourth-order valence-corrected chi connectivity index (χ4v) is 3.31. The van der Waals surface area contributed by atoms with E-state index < -0.39 is 36.3 Å². The van der Waals surface area contributed by atoms with Crippen molar-refractivity contribution >= 4 is 34.5 Å². The molecule has 1 saturated heterocycles. The normalized spacial score (nSPS) is 29.3. The van der Waals surface area contributed by atoms with Gasteiger partial charge in [0.05, 0.1) is 16.3 Å². The van der Waals surface area contributed by atoms with Crippen molar-refractivity contribution in [1.82, 2.24) is 9.55 Å². The summed E-state index contributed by atoms with van der Waals surface area (Å²) in [5.41, 5.74) is -0.708. The molecule has 138 valence electrons. The van der Waals surface area contributed by atoms with E-state index in [2.05, 4.69) is 10.3 Å². The number of rotatable bonds is 4. The molecule has 4 atom stereocenters. The highest BCUT2D eigenvalue weighted by Crippen LogP contribution is 2.29. The van der Waals surface area contributed by atoms with Crippen LogP contribution in [-0.4, -0.2) is 50.8 Å². The number of aromatic nitrogens is 2. The number of anilines is 1. The van der Waals surface area contributed by atoms with Crippen LogP contribution in [-0.2, 0) is 9.47 Å². The zero-order valence-electron chi connectivity index (χ0n) is 13.6. The van der Waals surface area contributed by atoms with Crippen LogP contribution in [0.25, 0.3) is 0 Å². The molecule has 1 aromatic rings. The Morgan fingerprint density at radius 2 is 2.20 bits per heavy atom. The molecule has 2 unspecified atom stereocenters. The summed E-state index contributed by atoms with van der Waals surface area (Å²) in [4.78, 5) is 27.9. The predicted octanol–water partition coefficient (Wildman–Crippen LogP) is 0.836. The van der Waals surface area contributed by atoms with E-state index in [1.54, 1.807) is 6.92 Å². The van der Waals surface area contributed by atoms with Gasteiger partial charge in [0.15, 0.2) is 12.0 Å². The van der Waals surface area contributed by atoms with Crippen molar-refractivity contribution in [2.75, 3.05) is 11.9 Å². The van der Waals surface area contributed by atoms with Gasteiger partial charge in [-0.05, 0) is 48.3 Å². The van der Waals surface area contributed by atoms with Crippen molar-refractivity contribution in [2.24, 2.45) is 5.92 Å². The van der Waals surface area contributed by atoms with E-state index in [4.69, 9.17) is 9.47 Å². The summed E-state index contributed by atoms with van der Waals surface area (Å²) in [5, 5.41) is 22.2. The zero-order valence-corrected chi connectivity index (χ0v) is 15.7. The lowest BCUT2D eigenvalue weighted by Crippen LogP contribution is -2.36. The Kier molecular flexibility index (Phi) is 5.61. The van der Waals surface area contributed by atoms with E-state index in [9.17, 15) is 19.8 Å². The lowest BCUT2D eigenvalue weighted by atomic mass is 9.86. The van der Waals surface area contributed by atoms with Gasteiger partial charge >= 0.3 is 11.8 Å². The Morgan fingerprint density at radius 1 is 1.48 bits per heavy atom. The molecular weight excluding hydrogens is 445 g/mol. The number of amides is 1. The van der Waals surface area contributed by atoms with Gasteiger partial charge in [-0.2, -0.15) is 4.98 Å². The number of carbonyl (C=O) groups excluding carboxylic acids is 1. The summed E-state index contributed by atoms with van der Waals surface area (Å²) < 4.78 is 12.1. The summed E-state index contributed by atoms with van der Waals surface area (Å²) in [5.74, 6) is 0.502. The highest BCUT2D eigenvalue weighted by Gasteiger charge is 2.42. The number of aliphatic hydroxyl groups is 2. The molecule has 1 aliphatic heterocycles. The van der Waals surface area contributed by atoms with Crippen molar-refractivity contribution < 1.29 is 24.5 Å². The molecule has 2 heterocycles. The Labute approximate surface area is 157 Å². The summed E-state index contributed by atoms with van der Waals surface area (Å²) in [6.45, 7) is 1.96. The second kappa shape index (κ2) is 7.56. The third kappa shape index (κ3) is 3.96. The summed E-state index contributed by atoms with van der Waals surface area (Å²) in [6.07, 6.45) is 0.0782. The minimum Gasteiger partial charge on any atom is -0.449 e. The maximum Gasteiger partial charge on any atom is 0.412 e. The topological polar surface area (TPSA) is 123 Å². The monoisotopic (exact) mass is 465 g/mol. The molecule has 1 aliphatic carbocycles. The quantitative estimate of drug-likeness (QED) is 0.564. The van der Waals surface area contributed by atoms with Crippen LogP contribution in [0.4, 0.5) is 10.6 Å². The van der Waals surface area contributed by atoms with Crippen molar-refractivity contribution in [3.05, 3.63) is 20.3 Å². The molecule has 9 nitrogen and oxygen atoms in total. The van der Waals surface area contributed by atoms with Gasteiger partial charge in [-0.3, -0.25) is 9.88 Å². The number of halogens is 1. The fraction of sp³-hybridized carbons (Fsp3) is 0.667. The van der Waals surface area contributed by atoms with E-state index in [1.807, 2.05) is 22.6 Å². The molecule has 10 heteroatoms. The second-order valence-electron chi connectivity index (χ2n) is 6.36. The van der Waals surface area contributed by atoms with Crippen LogP contribution >= 0.6 is 22.6 Å². The average Bonchev–Trinajstić information content (AvgIpc) is 2.76. The maximum atomic E-state index is 12.2. The second-order valence-corrected chi connectivity index (χ2v) is 7.52. The molecule has 0 bridgehead atoms. The molecule has 0 radical (unpaired) electrons. The van der Waals surface area contributed by atoms with Gasteiger partial charge in [0.1, 0.15) is 12.2 Å². The van der Waals surface area contributed by atoms with Gasteiger partial charge in [0, 0.05) is 6.20 Å². The Balaban J connectivity index is 1.69. The highest BCUT2D eigenvalue weighted by molar-refractivity contribution is 14.1. The van der Waals surface area contributed by atoms with E-state index in [-0.39, 0.29) is 5.82 Å². The van der Waals surface area contributed by atoms with Crippen LogP contribution in [0.3, 0.4) is 0 Å². The van der Waals surface area contributed by atoms with Gasteiger partial charge in [-0.1, -0.05) is 6.42 Å². The Morgan fingerprint density at radius 3 is 2.76 bits per heavy atom. The number of nitrogens with zero attached hydrogens (tertiary/aromatic N) is 2. The van der Waals surface area contributed by atoms with Crippen LogP contribution in [0.2, 0.25) is 0 Å². The smallest absolute Gasteiger partial charge is 0.412 e. The molecule has 2 fully saturated rings. The number of carbonyl (C=O) groups is 1. The van der Waals surface area contributed by atoms with E-state index in [1.165, 1.54) is 6.20 Å². The number of hydrogen-bond donors (Lipinski definition) is 3. The summed E-state index contributed by atoms with van der Waals surface area (Å²) >= 11 is 1.91. The molecule has 1 saturated carbocycles. The predicted molar refractivity (Wildman–Crippen MR) is 95.1 cm³/mol. The molecule has 3 N–H and O–H groups in total. The highest BCUT2D eigenvalue weighted by atomic mass is 127. The largest absolute Gasteiger partial charge is 0.449 e. The van der Waals surface area contributed by atoms with Crippen LogP contribution in [0.15, 0.2) is 11.0 Å². The number of aliphatic hydroxyl groups excluding tert-OH is 2. The van der Waals surface area contributed by atoms with E-state index in [0.29, 0.717) is 16.1 Å². The minimum absolute atomic E-state index is 0.0848. The first-order valence-electron chi connectivity index (χ1n) is 8.11. The SMILES string of the molecule is C[C@H]1O[C@@H](n2cc(I)c(NC(=O)OCC3CCC3)nc2=O)C(O)C1O. The van der Waals surface area contributed by atoms with Gasteiger partial charge in [-0.25, -0.2) is 9.59 Å². The lowest BCUT2D eigenvalue weighted by molar-refractivity contribution is -0.0351. The van der Waals surface area contributed by atoms with Crippen molar-refractivity contribution in [1.29, 1.82) is 0 Å². The van der Waals surface area contributed by atoms with Crippen LogP contribution in [0.1, 0.15) is 32.4 Å². The lowest BCUT2D eigenvalue weighted by Gasteiger charge is -2.24. The number of ether oxygens (including phenoxy) is 2. The van der Waals surface area contributed by atoms with Crippen LogP contribution in [0, 0.1) is 9.49 Å². The molecule has 2 aliphatic rings. The number of nitrogens with one attached hydrogen (secondary N) is 1. The molecule has 1 amide bonds.